The van der Waals surface area contributed by atoms with Crippen LogP contribution in [0.1, 0.15) is 24.5 Å². The maximum absolute atomic E-state index is 11.9. The number of nitrogens with one attached hydrogen (secondary N) is 2. The van der Waals surface area contributed by atoms with Gasteiger partial charge in [0.1, 0.15) is 5.82 Å². The van der Waals surface area contributed by atoms with E-state index < -0.39 is 0 Å². The molecule has 0 bridgehead atoms. The van der Waals surface area contributed by atoms with Gasteiger partial charge in [0, 0.05) is 18.3 Å². The molecule has 0 atom stereocenters. The third-order valence-corrected chi connectivity index (χ3v) is 3.34. The number of nitrogens with zero attached hydrogens (tertiary/aromatic N) is 1. The largest absolute Gasteiger partial charge is 0.341 e. The highest BCUT2D eigenvalue weighted by molar-refractivity contribution is 5.61. The number of anilines is 2. The summed E-state index contributed by atoms with van der Waals surface area (Å²) in [6.45, 7) is 6.36. The van der Waals surface area contributed by atoms with Crippen LogP contribution < -0.4 is 16.6 Å². The van der Waals surface area contributed by atoms with Crippen LogP contribution in [0.3, 0.4) is 0 Å². The predicted octanol–water partition coefficient (Wildman–Crippen LogP) is 2.31. The topological polar surface area (TPSA) is 66.9 Å². The highest BCUT2D eigenvalue weighted by atomic mass is 16.2. The SMILES string of the molecule is CCCn1c(=O)cc(Nc2cccc(C)c2C)[nH]c1=O. The molecule has 5 nitrogen and oxygen atoms in total. The van der Waals surface area contributed by atoms with Crippen molar-refractivity contribution in [1.82, 2.24) is 9.55 Å². The summed E-state index contributed by atoms with van der Waals surface area (Å²) in [4.78, 5) is 26.4. The van der Waals surface area contributed by atoms with E-state index in [0.717, 1.165) is 23.2 Å². The van der Waals surface area contributed by atoms with E-state index in [-0.39, 0.29) is 11.2 Å². The van der Waals surface area contributed by atoms with Gasteiger partial charge in [0.15, 0.2) is 0 Å². The predicted molar refractivity (Wildman–Crippen MR) is 80.8 cm³/mol. The summed E-state index contributed by atoms with van der Waals surface area (Å²) in [7, 11) is 0. The van der Waals surface area contributed by atoms with E-state index in [9.17, 15) is 9.59 Å². The number of aromatic amines is 1. The van der Waals surface area contributed by atoms with Crippen molar-refractivity contribution >= 4 is 11.5 Å². The minimum Gasteiger partial charge on any atom is -0.341 e. The van der Waals surface area contributed by atoms with Crippen molar-refractivity contribution in [3.05, 3.63) is 56.2 Å². The maximum Gasteiger partial charge on any atom is 0.329 e. The van der Waals surface area contributed by atoms with Gasteiger partial charge in [-0.2, -0.15) is 0 Å². The van der Waals surface area contributed by atoms with E-state index in [4.69, 9.17) is 0 Å². The van der Waals surface area contributed by atoms with Gasteiger partial charge in [-0.1, -0.05) is 19.1 Å². The smallest absolute Gasteiger partial charge is 0.329 e. The highest BCUT2D eigenvalue weighted by Gasteiger charge is 2.05. The van der Waals surface area contributed by atoms with Crippen LogP contribution in [0.5, 0.6) is 0 Å². The molecule has 0 aliphatic heterocycles. The van der Waals surface area contributed by atoms with Crippen molar-refractivity contribution in [2.45, 2.75) is 33.7 Å². The second-order valence-electron chi connectivity index (χ2n) is 4.85. The number of rotatable bonds is 4. The molecule has 2 aromatic rings. The fraction of sp³-hybridized carbons (Fsp3) is 0.333. The fourth-order valence-corrected chi connectivity index (χ4v) is 2.05. The molecule has 5 heteroatoms. The molecule has 2 N–H and O–H groups in total. The van der Waals surface area contributed by atoms with Crippen molar-refractivity contribution in [1.29, 1.82) is 0 Å². The zero-order chi connectivity index (χ0) is 14.7. The van der Waals surface area contributed by atoms with E-state index in [1.54, 1.807) is 0 Å². The Labute approximate surface area is 117 Å². The van der Waals surface area contributed by atoms with E-state index in [0.29, 0.717) is 12.4 Å². The Hall–Kier alpha value is -2.30. The molecule has 1 aromatic heterocycles. The van der Waals surface area contributed by atoms with E-state index in [1.165, 1.54) is 10.6 Å². The molecule has 0 radical (unpaired) electrons. The number of aryl methyl sites for hydroxylation is 1. The molecule has 0 unspecified atom stereocenters. The van der Waals surface area contributed by atoms with Crippen LogP contribution in [0.4, 0.5) is 11.5 Å². The van der Waals surface area contributed by atoms with Crippen molar-refractivity contribution in [3.63, 3.8) is 0 Å². The van der Waals surface area contributed by atoms with Gasteiger partial charge < -0.3 is 5.32 Å². The standard InChI is InChI=1S/C15H19N3O2/c1-4-8-18-14(19)9-13(17-15(18)20)16-12-7-5-6-10(2)11(12)3/h5-7,9,16H,4,8H2,1-3H3,(H,17,20). The summed E-state index contributed by atoms with van der Waals surface area (Å²) in [6, 6.07) is 7.28. The van der Waals surface area contributed by atoms with Gasteiger partial charge >= 0.3 is 5.69 Å². The molecular weight excluding hydrogens is 254 g/mol. The lowest BCUT2D eigenvalue weighted by atomic mass is 10.1. The van der Waals surface area contributed by atoms with E-state index in [2.05, 4.69) is 10.3 Å². The normalized spacial score (nSPS) is 10.6. The summed E-state index contributed by atoms with van der Waals surface area (Å²) in [6.07, 6.45) is 0.743. The summed E-state index contributed by atoms with van der Waals surface area (Å²) < 4.78 is 1.20. The van der Waals surface area contributed by atoms with Crippen LogP contribution in [0, 0.1) is 13.8 Å². The minimum atomic E-state index is -0.382. The Morgan fingerprint density at radius 2 is 2.00 bits per heavy atom. The molecule has 0 aliphatic rings. The second kappa shape index (κ2) is 5.77. The Balaban J connectivity index is 2.38. The Morgan fingerprint density at radius 3 is 2.65 bits per heavy atom. The van der Waals surface area contributed by atoms with Crippen LogP contribution in [0.2, 0.25) is 0 Å². The monoisotopic (exact) mass is 273 g/mol. The third kappa shape index (κ3) is 2.82. The average molecular weight is 273 g/mol. The Kier molecular flexibility index (Phi) is 4.08. The third-order valence-electron chi connectivity index (χ3n) is 3.34. The van der Waals surface area contributed by atoms with Gasteiger partial charge in [-0.05, 0) is 37.5 Å². The fourth-order valence-electron chi connectivity index (χ4n) is 2.05. The first-order chi connectivity index (χ1) is 9.52. The lowest BCUT2D eigenvalue weighted by molar-refractivity contribution is 0.616. The van der Waals surface area contributed by atoms with Crippen molar-refractivity contribution in [3.8, 4) is 0 Å². The number of benzene rings is 1. The summed E-state index contributed by atoms with van der Waals surface area (Å²) >= 11 is 0. The maximum atomic E-state index is 11.9. The average Bonchev–Trinajstić information content (AvgIpc) is 2.39. The van der Waals surface area contributed by atoms with Crippen molar-refractivity contribution in [2.75, 3.05) is 5.32 Å². The van der Waals surface area contributed by atoms with Gasteiger partial charge in [-0.3, -0.25) is 14.3 Å². The molecule has 2 rings (SSSR count). The first-order valence-corrected chi connectivity index (χ1v) is 6.70. The van der Waals surface area contributed by atoms with Gasteiger partial charge in [0.2, 0.25) is 0 Å². The van der Waals surface area contributed by atoms with E-state index >= 15 is 0 Å². The number of hydrogen-bond acceptors (Lipinski definition) is 3. The molecule has 0 saturated heterocycles. The van der Waals surface area contributed by atoms with Crippen LogP contribution in [0.25, 0.3) is 0 Å². The minimum absolute atomic E-state index is 0.289. The van der Waals surface area contributed by atoms with Crippen molar-refractivity contribution < 1.29 is 0 Å². The summed E-state index contributed by atoms with van der Waals surface area (Å²) in [5.41, 5.74) is 2.45. The molecule has 0 saturated carbocycles. The van der Waals surface area contributed by atoms with Gasteiger partial charge in [-0.25, -0.2) is 4.79 Å². The molecule has 0 fully saturated rings. The molecular formula is C15H19N3O2. The molecule has 106 valence electrons. The van der Waals surface area contributed by atoms with Crippen LogP contribution in [-0.2, 0) is 6.54 Å². The molecule has 0 amide bonds. The van der Waals surface area contributed by atoms with Gasteiger partial charge in [0.05, 0.1) is 0 Å². The van der Waals surface area contributed by atoms with Gasteiger partial charge in [0.25, 0.3) is 5.56 Å². The summed E-state index contributed by atoms with van der Waals surface area (Å²) in [5, 5.41) is 3.10. The van der Waals surface area contributed by atoms with Crippen LogP contribution in [-0.4, -0.2) is 9.55 Å². The molecule has 1 heterocycles. The van der Waals surface area contributed by atoms with Crippen LogP contribution >= 0.6 is 0 Å². The Morgan fingerprint density at radius 1 is 1.25 bits per heavy atom. The van der Waals surface area contributed by atoms with Crippen LogP contribution in [0.15, 0.2) is 33.9 Å². The quantitative estimate of drug-likeness (QED) is 0.898. The highest BCUT2D eigenvalue weighted by Crippen LogP contribution is 2.20. The zero-order valence-electron chi connectivity index (χ0n) is 12.0. The molecule has 1 aromatic carbocycles. The lowest BCUT2D eigenvalue weighted by Gasteiger charge is -2.11. The molecule has 20 heavy (non-hydrogen) atoms. The number of aromatic nitrogens is 2. The van der Waals surface area contributed by atoms with E-state index in [1.807, 2.05) is 39.0 Å². The number of H-pyrrole nitrogens is 1. The van der Waals surface area contributed by atoms with Gasteiger partial charge in [-0.15, -0.1) is 0 Å². The first-order valence-electron chi connectivity index (χ1n) is 6.70. The lowest BCUT2D eigenvalue weighted by Crippen LogP contribution is -2.34. The first kappa shape index (κ1) is 14.1. The Bertz CT molecular complexity index is 697. The zero-order valence-corrected chi connectivity index (χ0v) is 12.0. The molecule has 0 spiro atoms. The summed E-state index contributed by atoms with van der Waals surface area (Å²) in [5.74, 6) is 0.418. The second-order valence-corrected chi connectivity index (χ2v) is 4.85. The number of hydrogen-bond donors (Lipinski definition) is 2. The molecule has 0 aliphatic carbocycles. The van der Waals surface area contributed by atoms with Crippen molar-refractivity contribution in [2.24, 2.45) is 0 Å².